The Kier molecular flexibility index (Phi) is 4.35. The van der Waals surface area contributed by atoms with E-state index in [2.05, 4.69) is 0 Å². The first-order valence-corrected chi connectivity index (χ1v) is 8.43. The van der Waals surface area contributed by atoms with Gasteiger partial charge in [0.25, 0.3) is 0 Å². The van der Waals surface area contributed by atoms with Crippen LogP contribution in [0.5, 0.6) is 0 Å². The molecular formula is C19H24N2O3. The van der Waals surface area contributed by atoms with Crippen molar-refractivity contribution in [3.63, 3.8) is 0 Å². The number of hydrogen-bond donors (Lipinski definition) is 0. The van der Waals surface area contributed by atoms with Gasteiger partial charge in [0.05, 0.1) is 5.52 Å². The van der Waals surface area contributed by atoms with Crippen LogP contribution in [0, 0.1) is 5.92 Å². The van der Waals surface area contributed by atoms with Gasteiger partial charge in [0.1, 0.15) is 5.60 Å². The first-order chi connectivity index (χ1) is 11.3. The Labute approximate surface area is 142 Å². The van der Waals surface area contributed by atoms with Crippen molar-refractivity contribution in [3.05, 3.63) is 36.5 Å². The third kappa shape index (κ3) is 3.45. The van der Waals surface area contributed by atoms with Crippen LogP contribution in [0.3, 0.4) is 0 Å². The molecule has 1 fully saturated rings. The summed E-state index contributed by atoms with van der Waals surface area (Å²) < 4.78 is 7.14. The van der Waals surface area contributed by atoms with Gasteiger partial charge in [-0.15, -0.1) is 0 Å². The van der Waals surface area contributed by atoms with E-state index in [4.69, 9.17) is 4.74 Å². The number of fused-ring (bicyclic) bond motifs is 1. The fourth-order valence-corrected chi connectivity index (χ4v) is 3.11. The summed E-state index contributed by atoms with van der Waals surface area (Å²) in [5, 5.41) is 1.07. The summed E-state index contributed by atoms with van der Waals surface area (Å²) in [6.07, 6.45) is 2.89. The second-order valence-electron chi connectivity index (χ2n) is 7.32. The third-order valence-electron chi connectivity index (χ3n) is 4.33. The van der Waals surface area contributed by atoms with Crippen molar-refractivity contribution in [2.75, 3.05) is 13.1 Å². The maximum Gasteiger partial charge on any atom is 0.410 e. The molecule has 1 aromatic carbocycles. The monoisotopic (exact) mass is 328 g/mol. The maximum atomic E-state index is 12.8. The predicted molar refractivity (Wildman–Crippen MR) is 93.1 cm³/mol. The number of ether oxygens (including phenoxy) is 1. The summed E-state index contributed by atoms with van der Waals surface area (Å²) in [4.78, 5) is 26.6. The number of benzene rings is 1. The molecule has 0 atom stereocenters. The van der Waals surface area contributed by atoms with Crippen LogP contribution in [-0.4, -0.2) is 40.2 Å². The summed E-state index contributed by atoms with van der Waals surface area (Å²) in [6, 6.07) is 9.84. The van der Waals surface area contributed by atoms with Crippen LogP contribution in [0.25, 0.3) is 10.9 Å². The van der Waals surface area contributed by atoms with Gasteiger partial charge >= 0.3 is 6.09 Å². The highest BCUT2D eigenvalue weighted by atomic mass is 16.6. The van der Waals surface area contributed by atoms with Crippen LogP contribution < -0.4 is 0 Å². The quantitative estimate of drug-likeness (QED) is 0.797. The van der Waals surface area contributed by atoms with E-state index in [0.717, 1.165) is 10.9 Å². The standard InChI is InChI=1S/C19H24N2O3/c1-19(2,3)24-18(23)20-11-8-15(9-12-20)17(22)21-13-10-14-6-4-5-7-16(14)21/h4-7,10,13,15H,8-9,11-12H2,1-3H3. The number of rotatable bonds is 1. The lowest BCUT2D eigenvalue weighted by molar-refractivity contribution is 0.0177. The minimum Gasteiger partial charge on any atom is -0.444 e. The van der Waals surface area contributed by atoms with Crippen molar-refractivity contribution in [3.8, 4) is 0 Å². The van der Waals surface area contributed by atoms with Crippen LogP contribution in [-0.2, 0) is 4.74 Å². The average molecular weight is 328 g/mol. The largest absolute Gasteiger partial charge is 0.444 e. The molecule has 1 amide bonds. The van der Waals surface area contributed by atoms with E-state index >= 15 is 0 Å². The van der Waals surface area contributed by atoms with Gasteiger partial charge < -0.3 is 9.64 Å². The minimum absolute atomic E-state index is 0.0560. The molecule has 24 heavy (non-hydrogen) atoms. The summed E-state index contributed by atoms with van der Waals surface area (Å²) in [7, 11) is 0. The lowest BCUT2D eigenvalue weighted by atomic mass is 9.96. The van der Waals surface area contributed by atoms with Crippen molar-refractivity contribution < 1.29 is 14.3 Å². The van der Waals surface area contributed by atoms with Crippen LogP contribution in [0.1, 0.15) is 38.4 Å². The molecule has 0 spiro atoms. The SMILES string of the molecule is CC(C)(C)OC(=O)N1CCC(C(=O)n2ccc3ccccc32)CC1. The van der Waals surface area contributed by atoms with Gasteiger partial charge in [-0.05, 0) is 45.7 Å². The van der Waals surface area contributed by atoms with E-state index in [-0.39, 0.29) is 17.9 Å². The number of piperidine rings is 1. The molecule has 1 aromatic heterocycles. The molecule has 128 valence electrons. The Hall–Kier alpha value is -2.30. The fraction of sp³-hybridized carbons (Fsp3) is 0.474. The molecule has 1 saturated heterocycles. The molecule has 3 rings (SSSR count). The Morgan fingerprint density at radius 1 is 1.08 bits per heavy atom. The molecule has 2 aromatic rings. The molecule has 1 aliphatic rings. The molecule has 0 bridgehead atoms. The molecule has 0 saturated carbocycles. The first-order valence-electron chi connectivity index (χ1n) is 8.43. The molecule has 0 unspecified atom stereocenters. The van der Waals surface area contributed by atoms with Gasteiger partial charge in [-0.1, -0.05) is 18.2 Å². The Balaban J connectivity index is 1.64. The smallest absolute Gasteiger partial charge is 0.410 e. The third-order valence-corrected chi connectivity index (χ3v) is 4.33. The highest BCUT2D eigenvalue weighted by molar-refractivity contribution is 5.93. The van der Waals surface area contributed by atoms with E-state index in [9.17, 15) is 9.59 Å². The average Bonchev–Trinajstić information content (AvgIpc) is 2.97. The number of likely N-dealkylation sites (tertiary alicyclic amines) is 1. The van der Waals surface area contributed by atoms with Gasteiger partial charge in [-0.25, -0.2) is 4.79 Å². The zero-order valence-corrected chi connectivity index (χ0v) is 14.5. The van der Waals surface area contributed by atoms with E-state index < -0.39 is 5.60 Å². The zero-order chi connectivity index (χ0) is 17.3. The zero-order valence-electron chi connectivity index (χ0n) is 14.5. The van der Waals surface area contributed by atoms with Crippen molar-refractivity contribution in [1.82, 2.24) is 9.47 Å². The van der Waals surface area contributed by atoms with E-state index in [0.29, 0.717) is 25.9 Å². The highest BCUT2D eigenvalue weighted by Crippen LogP contribution is 2.24. The van der Waals surface area contributed by atoms with E-state index in [1.165, 1.54) is 0 Å². The number of carbonyl (C=O) groups is 2. The molecule has 1 aliphatic heterocycles. The lowest BCUT2D eigenvalue weighted by Gasteiger charge is -2.33. The number of para-hydroxylation sites is 1. The number of nitrogens with zero attached hydrogens (tertiary/aromatic N) is 2. The normalized spacial score (nSPS) is 16.4. The summed E-state index contributed by atoms with van der Waals surface area (Å²) >= 11 is 0. The van der Waals surface area contributed by atoms with E-state index in [1.54, 1.807) is 9.47 Å². The predicted octanol–water partition coefficient (Wildman–Crippen LogP) is 3.93. The van der Waals surface area contributed by atoms with Gasteiger partial charge in [0.15, 0.2) is 0 Å². The number of carbonyl (C=O) groups excluding carboxylic acids is 2. The molecule has 0 aliphatic carbocycles. The maximum absolute atomic E-state index is 12.8. The Morgan fingerprint density at radius 3 is 2.42 bits per heavy atom. The molecule has 0 radical (unpaired) electrons. The number of aromatic nitrogens is 1. The van der Waals surface area contributed by atoms with Crippen LogP contribution >= 0.6 is 0 Å². The molecule has 5 heteroatoms. The van der Waals surface area contributed by atoms with Gasteiger partial charge in [-0.3, -0.25) is 9.36 Å². The van der Waals surface area contributed by atoms with Crippen LogP contribution in [0.2, 0.25) is 0 Å². The van der Waals surface area contributed by atoms with Crippen molar-refractivity contribution >= 4 is 22.9 Å². The summed E-state index contributed by atoms with van der Waals surface area (Å²) in [5.41, 5.74) is 0.449. The van der Waals surface area contributed by atoms with Crippen molar-refractivity contribution in [2.24, 2.45) is 5.92 Å². The fourth-order valence-electron chi connectivity index (χ4n) is 3.11. The highest BCUT2D eigenvalue weighted by Gasteiger charge is 2.30. The second-order valence-corrected chi connectivity index (χ2v) is 7.32. The topological polar surface area (TPSA) is 51.5 Å². The molecule has 5 nitrogen and oxygen atoms in total. The Bertz CT molecular complexity index is 749. The van der Waals surface area contributed by atoms with Gasteiger partial charge in [0, 0.05) is 30.6 Å². The number of amides is 1. The number of hydrogen-bond acceptors (Lipinski definition) is 3. The van der Waals surface area contributed by atoms with Gasteiger partial charge in [0.2, 0.25) is 5.91 Å². The first kappa shape index (κ1) is 16.6. The van der Waals surface area contributed by atoms with E-state index in [1.807, 2.05) is 57.3 Å². The second kappa shape index (κ2) is 6.30. The summed E-state index contributed by atoms with van der Waals surface area (Å²) in [5.74, 6) is 0.0551. The van der Waals surface area contributed by atoms with Crippen LogP contribution in [0.4, 0.5) is 4.79 Å². The van der Waals surface area contributed by atoms with Crippen LogP contribution in [0.15, 0.2) is 36.5 Å². The lowest BCUT2D eigenvalue weighted by Crippen LogP contribution is -2.43. The molecular weight excluding hydrogens is 304 g/mol. The Morgan fingerprint density at radius 2 is 1.75 bits per heavy atom. The van der Waals surface area contributed by atoms with Crippen molar-refractivity contribution in [1.29, 1.82) is 0 Å². The summed E-state index contributed by atoms with van der Waals surface area (Å²) in [6.45, 7) is 6.70. The van der Waals surface area contributed by atoms with Gasteiger partial charge in [-0.2, -0.15) is 0 Å². The minimum atomic E-state index is -0.492. The molecule has 2 heterocycles. The molecule has 0 N–H and O–H groups in total. The van der Waals surface area contributed by atoms with Crippen molar-refractivity contribution in [2.45, 2.75) is 39.2 Å².